The third-order valence-electron chi connectivity index (χ3n) is 5.98. The van der Waals surface area contributed by atoms with Gasteiger partial charge in [-0.3, -0.25) is 0 Å². The molecule has 0 atom stereocenters. The molecule has 0 amide bonds. The Morgan fingerprint density at radius 2 is 1.73 bits per heavy atom. The summed E-state index contributed by atoms with van der Waals surface area (Å²) in [4.78, 5) is 0. The highest BCUT2D eigenvalue weighted by Crippen LogP contribution is 2.41. The van der Waals surface area contributed by atoms with Gasteiger partial charge in [0.15, 0.2) is 0 Å². The summed E-state index contributed by atoms with van der Waals surface area (Å²) in [6.45, 7) is 6.37. The zero-order valence-corrected chi connectivity index (χ0v) is 15.9. The van der Waals surface area contributed by atoms with Crippen LogP contribution in [0.2, 0.25) is 0 Å². The number of nitrogens with zero attached hydrogens (tertiary/aromatic N) is 1. The molecule has 0 unspecified atom stereocenters. The van der Waals surface area contributed by atoms with E-state index in [-0.39, 0.29) is 0 Å². The zero-order chi connectivity index (χ0) is 18.4. The van der Waals surface area contributed by atoms with Crippen LogP contribution in [0.25, 0.3) is 11.1 Å². The van der Waals surface area contributed by atoms with E-state index >= 15 is 0 Å². The molecule has 0 aromatic heterocycles. The molecule has 2 aromatic carbocycles. The van der Waals surface area contributed by atoms with Crippen molar-refractivity contribution >= 4 is 0 Å². The van der Waals surface area contributed by atoms with Gasteiger partial charge in [-0.25, -0.2) is 0 Å². The van der Waals surface area contributed by atoms with Crippen LogP contribution in [-0.2, 0) is 0 Å². The van der Waals surface area contributed by atoms with Crippen molar-refractivity contribution < 1.29 is 0 Å². The van der Waals surface area contributed by atoms with Gasteiger partial charge in [0.2, 0.25) is 0 Å². The van der Waals surface area contributed by atoms with E-state index in [2.05, 4.69) is 56.0 Å². The molecule has 1 heteroatoms. The third kappa shape index (κ3) is 4.44. The van der Waals surface area contributed by atoms with Crippen LogP contribution in [0.5, 0.6) is 0 Å². The monoisotopic (exact) mass is 343 g/mol. The Labute approximate surface area is 158 Å². The molecule has 0 N–H and O–H groups in total. The SMILES string of the molecule is C=C(CC)CCC1CCC(c2ccccc2-c2ccc(C#N)cc2)CC1. The van der Waals surface area contributed by atoms with Crippen molar-refractivity contribution in [2.75, 3.05) is 0 Å². The molecular weight excluding hydrogens is 314 g/mol. The quantitative estimate of drug-likeness (QED) is 0.507. The number of hydrogen-bond acceptors (Lipinski definition) is 1. The second-order valence-corrected chi connectivity index (χ2v) is 7.64. The first-order valence-corrected chi connectivity index (χ1v) is 9.97. The van der Waals surface area contributed by atoms with Crippen molar-refractivity contribution in [3.05, 3.63) is 71.8 Å². The molecule has 0 heterocycles. The zero-order valence-electron chi connectivity index (χ0n) is 15.9. The molecule has 3 rings (SSSR count). The van der Waals surface area contributed by atoms with Gasteiger partial charge in [-0.1, -0.05) is 55.5 Å². The Kier molecular flexibility index (Phi) is 6.29. The molecule has 0 spiro atoms. The molecule has 26 heavy (non-hydrogen) atoms. The number of nitriles is 1. The van der Waals surface area contributed by atoms with Gasteiger partial charge in [0.05, 0.1) is 11.6 Å². The van der Waals surface area contributed by atoms with Gasteiger partial charge in [0.1, 0.15) is 0 Å². The van der Waals surface area contributed by atoms with Crippen LogP contribution >= 0.6 is 0 Å². The predicted molar refractivity (Wildman–Crippen MR) is 110 cm³/mol. The fraction of sp³-hybridized carbons (Fsp3) is 0.400. The molecule has 1 saturated carbocycles. The Morgan fingerprint density at radius 1 is 1.04 bits per heavy atom. The highest BCUT2D eigenvalue weighted by atomic mass is 14.3. The molecule has 1 nitrogen and oxygen atoms in total. The van der Waals surface area contributed by atoms with Crippen molar-refractivity contribution in [1.29, 1.82) is 5.26 Å². The number of allylic oxidation sites excluding steroid dienone is 1. The third-order valence-corrected chi connectivity index (χ3v) is 5.98. The van der Waals surface area contributed by atoms with Crippen LogP contribution in [-0.4, -0.2) is 0 Å². The molecular formula is C25H29N. The van der Waals surface area contributed by atoms with Gasteiger partial charge in [0, 0.05) is 0 Å². The standard InChI is InChI=1S/C25H29N/c1-3-19(2)8-9-20-10-14-22(15-11-20)24-6-4-5-7-25(24)23-16-12-21(18-26)13-17-23/h4-7,12-13,16-17,20,22H,2-3,8-11,14-15H2,1H3. The molecule has 1 aliphatic carbocycles. The second kappa shape index (κ2) is 8.86. The lowest BCUT2D eigenvalue weighted by Crippen LogP contribution is -2.14. The first-order valence-electron chi connectivity index (χ1n) is 9.97. The first-order chi connectivity index (χ1) is 12.7. The number of hydrogen-bond donors (Lipinski definition) is 0. The Balaban J connectivity index is 1.69. The lowest BCUT2D eigenvalue weighted by molar-refractivity contribution is 0.310. The van der Waals surface area contributed by atoms with E-state index in [1.807, 2.05) is 12.1 Å². The minimum atomic E-state index is 0.660. The van der Waals surface area contributed by atoms with E-state index in [0.29, 0.717) is 5.92 Å². The van der Waals surface area contributed by atoms with Crippen molar-refractivity contribution in [3.63, 3.8) is 0 Å². The number of benzene rings is 2. The normalized spacial score (nSPS) is 19.7. The largest absolute Gasteiger partial charge is 0.192 e. The Morgan fingerprint density at radius 3 is 2.38 bits per heavy atom. The molecule has 1 aliphatic rings. The molecule has 2 aromatic rings. The van der Waals surface area contributed by atoms with Gasteiger partial charge in [-0.15, -0.1) is 0 Å². The summed E-state index contributed by atoms with van der Waals surface area (Å²) in [5.74, 6) is 1.53. The summed E-state index contributed by atoms with van der Waals surface area (Å²) in [5, 5.41) is 9.02. The Bertz CT molecular complexity index is 771. The summed E-state index contributed by atoms with van der Waals surface area (Å²) < 4.78 is 0. The first kappa shape index (κ1) is 18.5. The fourth-order valence-corrected chi connectivity index (χ4v) is 4.19. The van der Waals surface area contributed by atoms with Crippen LogP contribution in [0, 0.1) is 17.2 Å². The van der Waals surface area contributed by atoms with E-state index in [4.69, 9.17) is 5.26 Å². The maximum atomic E-state index is 9.02. The van der Waals surface area contributed by atoms with E-state index in [1.54, 1.807) is 0 Å². The van der Waals surface area contributed by atoms with Crippen molar-refractivity contribution in [2.45, 2.75) is 57.8 Å². The second-order valence-electron chi connectivity index (χ2n) is 7.64. The average Bonchev–Trinajstić information content (AvgIpc) is 2.72. The van der Waals surface area contributed by atoms with Crippen molar-refractivity contribution in [1.82, 2.24) is 0 Å². The minimum absolute atomic E-state index is 0.660. The average molecular weight is 344 g/mol. The van der Waals surface area contributed by atoms with Crippen molar-refractivity contribution in [3.8, 4) is 17.2 Å². The fourth-order valence-electron chi connectivity index (χ4n) is 4.19. The van der Waals surface area contributed by atoms with Crippen LogP contribution in [0.3, 0.4) is 0 Å². The Hall–Kier alpha value is -2.33. The summed E-state index contributed by atoms with van der Waals surface area (Å²) in [6.07, 6.45) is 8.89. The van der Waals surface area contributed by atoms with Crippen LogP contribution in [0.15, 0.2) is 60.7 Å². The maximum absolute atomic E-state index is 9.02. The van der Waals surface area contributed by atoms with E-state index in [9.17, 15) is 0 Å². The lowest BCUT2D eigenvalue weighted by Gasteiger charge is -2.30. The molecule has 0 radical (unpaired) electrons. The number of rotatable bonds is 6. The highest BCUT2D eigenvalue weighted by Gasteiger charge is 2.24. The molecule has 0 aliphatic heterocycles. The molecule has 0 bridgehead atoms. The van der Waals surface area contributed by atoms with Gasteiger partial charge in [0.25, 0.3) is 0 Å². The molecule has 0 saturated heterocycles. The molecule has 1 fully saturated rings. The summed E-state index contributed by atoms with van der Waals surface area (Å²) in [5.41, 5.74) is 6.16. The van der Waals surface area contributed by atoms with E-state index in [0.717, 1.165) is 17.9 Å². The van der Waals surface area contributed by atoms with Crippen LogP contribution in [0.1, 0.15) is 68.9 Å². The summed E-state index contributed by atoms with van der Waals surface area (Å²) in [7, 11) is 0. The van der Waals surface area contributed by atoms with Gasteiger partial charge in [-0.05, 0) is 85.6 Å². The lowest BCUT2D eigenvalue weighted by atomic mass is 9.75. The van der Waals surface area contributed by atoms with Gasteiger partial charge < -0.3 is 0 Å². The van der Waals surface area contributed by atoms with Crippen molar-refractivity contribution in [2.24, 2.45) is 5.92 Å². The topological polar surface area (TPSA) is 23.8 Å². The summed E-state index contributed by atoms with van der Waals surface area (Å²) >= 11 is 0. The van der Waals surface area contributed by atoms with Gasteiger partial charge >= 0.3 is 0 Å². The predicted octanol–water partition coefficient (Wildman–Crippen LogP) is 7.25. The van der Waals surface area contributed by atoms with Crippen LogP contribution in [0.4, 0.5) is 0 Å². The minimum Gasteiger partial charge on any atom is -0.192 e. The van der Waals surface area contributed by atoms with E-state index < -0.39 is 0 Å². The van der Waals surface area contributed by atoms with E-state index in [1.165, 1.54) is 60.8 Å². The highest BCUT2D eigenvalue weighted by molar-refractivity contribution is 5.68. The maximum Gasteiger partial charge on any atom is 0.0991 e. The van der Waals surface area contributed by atoms with Gasteiger partial charge in [-0.2, -0.15) is 5.26 Å². The summed E-state index contributed by atoms with van der Waals surface area (Å²) in [6, 6.07) is 19.0. The smallest absolute Gasteiger partial charge is 0.0991 e. The van der Waals surface area contributed by atoms with Crippen LogP contribution < -0.4 is 0 Å². The molecule has 134 valence electrons.